The molecular weight excluding hydrogens is 320 g/mol. The third kappa shape index (κ3) is 4.23. The highest BCUT2D eigenvalue weighted by Gasteiger charge is 2.26. The van der Waals surface area contributed by atoms with E-state index >= 15 is 0 Å². The van der Waals surface area contributed by atoms with Crippen molar-refractivity contribution in [3.05, 3.63) is 41.7 Å². The van der Waals surface area contributed by atoms with Crippen LogP contribution in [0.4, 0.5) is 0 Å². The largest absolute Gasteiger partial charge is 0.481 e. The number of hydrogen-bond donors (Lipinski definition) is 1. The van der Waals surface area contributed by atoms with E-state index in [2.05, 4.69) is 10.3 Å². The first-order valence-corrected chi connectivity index (χ1v) is 8.53. The molecule has 1 unspecified atom stereocenters. The summed E-state index contributed by atoms with van der Waals surface area (Å²) in [7, 11) is 0. The third-order valence-electron chi connectivity index (χ3n) is 4.55. The van der Waals surface area contributed by atoms with Gasteiger partial charge in [-0.3, -0.25) is 9.59 Å². The molecule has 1 aromatic heterocycles. The zero-order chi connectivity index (χ0) is 17.8. The van der Waals surface area contributed by atoms with Crippen molar-refractivity contribution in [3.8, 4) is 5.69 Å². The van der Waals surface area contributed by atoms with Crippen LogP contribution in [0.25, 0.3) is 5.69 Å². The Bertz CT molecular complexity index is 771. The normalized spacial score (nSPS) is 17.5. The molecule has 0 radical (unpaired) electrons. The van der Waals surface area contributed by atoms with E-state index in [0.717, 1.165) is 24.1 Å². The van der Waals surface area contributed by atoms with Crippen LogP contribution in [0.1, 0.15) is 41.7 Å². The Morgan fingerprint density at radius 2 is 2.20 bits per heavy atom. The van der Waals surface area contributed by atoms with Gasteiger partial charge in [0.2, 0.25) is 0 Å². The van der Waals surface area contributed by atoms with Crippen molar-refractivity contribution in [1.29, 1.82) is 0 Å². The molecule has 1 fully saturated rings. The Hall–Kier alpha value is -2.70. The SMILES string of the molecule is Cc1cccc(-n2cc(C(=O)N3CCCC(CCC(=O)O)C3)nn2)c1. The Kier molecular flexibility index (Phi) is 5.11. The van der Waals surface area contributed by atoms with Gasteiger partial charge in [-0.15, -0.1) is 5.10 Å². The van der Waals surface area contributed by atoms with Gasteiger partial charge >= 0.3 is 5.97 Å². The van der Waals surface area contributed by atoms with E-state index in [1.807, 2.05) is 31.2 Å². The number of amides is 1. The van der Waals surface area contributed by atoms with Crippen molar-refractivity contribution in [2.75, 3.05) is 13.1 Å². The summed E-state index contributed by atoms with van der Waals surface area (Å²) < 4.78 is 1.60. The van der Waals surface area contributed by atoms with E-state index < -0.39 is 5.97 Å². The molecule has 2 aromatic rings. The minimum atomic E-state index is -0.787. The van der Waals surface area contributed by atoms with Gasteiger partial charge in [0.1, 0.15) is 0 Å². The molecule has 1 amide bonds. The molecule has 1 aliphatic heterocycles. The van der Waals surface area contributed by atoms with Gasteiger partial charge in [0.15, 0.2) is 5.69 Å². The van der Waals surface area contributed by atoms with Crippen LogP contribution >= 0.6 is 0 Å². The van der Waals surface area contributed by atoms with Gasteiger partial charge in [0, 0.05) is 19.5 Å². The van der Waals surface area contributed by atoms with Crippen LogP contribution < -0.4 is 0 Å². The summed E-state index contributed by atoms with van der Waals surface area (Å²) in [5, 5.41) is 16.9. The molecule has 0 aliphatic carbocycles. The van der Waals surface area contributed by atoms with Gasteiger partial charge < -0.3 is 10.0 Å². The van der Waals surface area contributed by atoms with Gasteiger partial charge in [-0.1, -0.05) is 17.3 Å². The first-order valence-electron chi connectivity index (χ1n) is 8.53. The number of hydrogen-bond acceptors (Lipinski definition) is 4. The molecule has 2 heterocycles. The highest BCUT2D eigenvalue weighted by atomic mass is 16.4. The first kappa shape index (κ1) is 17.1. The van der Waals surface area contributed by atoms with Gasteiger partial charge in [-0.25, -0.2) is 4.68 Å². The zero-order valence-corrected chi connectivity index (χ0v) is 14.3. The highest BCUT2D eigenvalue weighted by molar-refractivity contribution is 5.92. The predicted molar refractivity (Wildman–Crippen MR) is 91.6 cm³/mol. The number of nitrogens with zero attached hydrogens (tertiary/aromatic N) is 4. The van der Waals surface area contributed by atoms with Gasteiger partial charge in [-0.2, -0.15) is 0 Å². The number of piperidine rings is 1. The second-order valence-corrected chi connectivity index (χ2v) is 6.58. The highest BCUT2D eigenvalue weighted by Crippen LogP contribution is 2.22. The van der Waals surface area contributed by atoms with Crippen LogP contribution in [0.5, 0.6) is 0 Å². The molecular formula is C18H22N4O3. The number of carbonyl (C=O) groups is 2. The number of carboxylic acid groups (broad SMARTS) is 1. The first-order chi connectivity index (χ1) is 12.0. The molecule has 132 valence electrons. The van der Waals surface area contributed by atoms with E-state index in [9.17, 15) is 9.59 Å². The molecule has 25 heavy (non-hydrogen) atoms. The molecule has 1 atom stereocenters. The van der Waals surface area contributed by atoms with Crippen LogP contribution in [0, 0.1) is 12.8 Å². The summed E-state index contributed by atoms with van der Waals surface area (Å²) in [6.07, 6.45) is 4.26. The smallest absolute Gasteiger partial charge is 0.303 e. The third-order valence-corrected chi connectivity index (χ3v) is 4.55. The van der Waals surface area contributed by atoms with E-state index in [0.29, 0.717) is 25.2 Å². The minimum absolute atomic E-state index is 0.140. The van der Waals surface area contributed by atoms with E-state index in [-0.39, 0.29) is 18.2 Å². The maximum Gasteiger partial charge on any atom is 0.303 e. The molecule has 1 aliphatic rings. The number of carboxylic acids is 1. The van der Waals surface area contributed by atoms with Gasteiger partial charge in [0.25, 0.3) is 5.91 Å². The second-order valence-electron chi connectivity index (χ2n) is 6.58. The number of aromatic nitrogens is 3. The monoisotopic (exact) mass is 342 g/mol. The van der Waals surface area contributed by atoms with Crippen LogP contribution in [0.3, 0.4) is 0 Å². The summed E-state index contributed by atoms with van der Waals surface area (Å²) in [6, 6.07) is 7.83. The summed E-state index contributed by atoms with van der Waals surface area (Å²) in [5.74, 6) is -0.691. The Morgan fingerprint density at radius 1 is 1.36 bits per heavy atom. The second kappa shape index (κ2) is 7.46. The lowest BCUT2D eigenvalue weighted by molar-refractivity contribution is -0.137. The zero-order valence-electron chi connectivity index (χ0n) is 14.3. The van der Waals surface area contributed by atoms with Crippen molar-refractivity contribution in [3.63, 3.8) is 0 Å². The average molecular weight is 342 g/mol. The summed E-state index contributed by atoms with van der Waals surface area (Å²) in [4.78, 5) is 25.2. The summed E-state index contributed by atoms with van der Waals surface area (Å²) in [5.41, 5.74) is 2.29. The molecule has 0 bridgehead atoms. The maximum atomic E-state index is 12.7. The molecule has 0 spiro atoms. The van der Waals surface area contributed by atoms with Crippen LogP contribution in [0.15, 0.2) is 30.5 Å². The number of likely N-dealkylation sites (tertiary alicyclic amines) is 1. The lowest BCUT2D eigenvalue weighted by Gasteiger charge is -2.32. The predicted octanol–water partition coefficient (Wildman–Crippen LogP) is 2.29. The van der Waals surface area contributed by atoms with Gasteiger partial charge in [0.05, 0.1) is 11.9 Å². The van der Waals surface area contributed by atoms with Crippen molar-refractivity contribution >= 4 is 11.9 Å². The molecule has 7 nitrogen and oxygen atoms in total. The number of carbonyl (C=O) groups excluding carboxylic acids is 1. The maximum absolute atomic E-state index is 12.7. The van der Waals surface area contributed by atoms with Crippen LogP contribution in [0.2, 0.25) is 0 Å². The summed E-state index contributed by atoms with van der Waals surface area (Å²) >= 11 is 0. The number of aryl methyl sites for hydroxylation is 1. The van der Waals surface area contributed by atoms with Crippen molar-refractivity contribution < 1.29 is 14.7 Å². The van der Waals surface area contributed by atoms with Crippen LogP contribution in [-0.2, 0) is 4.79 Å². The summed E-state index contributed by atoms with van der Waals surface area (Å²) in [6.45, 7) is 3.26. The molecule has 0 saturated carbocycles. The van der Waals surface area contributed by atoms with Crippen molar-refractivity contribution in [2.24, 2.45) is 5.92 Å². The fourth-order valence-corrected chi connectivity index (χ4v) is 3.23. The van der Waals surface area contributed by atoms with Gasteiger partial charge in [-0.05, 0) is 49.8 Å². The average Bonchev–Trinajstić information content (AvgIpc) is 3.10. The number of benzene rings is 1. The fourth-order valence-electron chi connectivity index (χ4n) is 3.23. The minimum Gasteiger partial charge on any atom is -0.481 e. The molecule has 1 aromatic carbocycles. The van der Waals surface area contributed by atoms with E-state index in [1.165, 1.54) is 0 Å². The fraction of sp³-hybridized carbons (Fsp3) is 0.444. The molecule has 7 heteroatoms. The van der Waals surface area contributed by atoms with Crippen molar-refractivity contribution in [2.45, 2.75) is 32.6 Å². The van der Waals surface area contributed by atoms with Crippen molar-refractivity contribution in [1.82, 2.24) is 19.9 Å². The van der Waals surface area contributed by atoms with E-state index in [1.54, 1.807) is 15.8 Å². The Balaban J connectivity index is 1.67. The number of aliphatic carboxylic acids is 1. The van der Waals surface area contributed by atoms with Crippen LogP contribution in [-0.4, -0.2) is 50.0 Å². The topological polar surface area (TPSA) is 88.3 Å². The number of rotatable bonds is 5. The standard InChI is InChI=1S/C18H22N4O3/c1-13-4-2-6-15(10-13)22-12-16(19-20-22)18(25)21-9-3-5-14(11-21)7-8-17(23)24/h2,4,6,10,12,14H,3,5,7-9,11H2,1H3,(H,23,24). The lowest BCUT2D eigenvalue weighted by atomic mass is 9.93. The lowest BCUT2D eigenvalue weighted by Crippen LogP contribution is -2.40. The quantitative estimate of drug-likeness (QED) is 0.900. The Morgan fingerprint density at radius 3 is 2.96 bits per heavy atom. The van der Waals surface area contributed by atoms with E-state index in [4.69, 9.17) is 5.11 Å². The Labute approximate surface area is 146 Å². The molecule has 1 N–H and O–H groups in total. The molecule has 1 saturated heterocycles. The molecule has 3 rings (SSSR count).